The number of amides is 1. The Morgan fingerprint density at radius 2 is 1.89 bits per heavy atom. The van der Waals surface area contributed by atoms with Gasteiger partial charge in [-0.15, -0.1) is 0 Å². The zero-order valence-electron chi connectivity index (χ0n) is 10.7. The minimum atomic E-state index is -0.292. The molecule has 3 nitrogen and oxygen atoms in total. The fraction of sp³-hybridized carbons (Fsp3) is 0.267. The molecule has 4 heteroatoms. The largest absolute Gasteiger partial charge is 0.336 e. The van der Waals surface area contributed by atoms with E-state index in [1.54, 1.807) is 36.2 Å². The molecular weight excluding hydrogens is 243 g/mol. The molecule has 0 bridgehead atoms. The second-order valence-electron chi connectivity index (χ2n) is 4.87. The lowest BCUT2D eigenvalue weighted by molar-refractivity contribution is 0.0683. The quantitative estimate of drug-likeness (QED) is 0.894. The molecule has 0 spiro atoms. The molecule has 98 valence electrons. The van der Waals surface area contributed by atoms with Gasteiger partial charge in [-0.3, -0.25) is 4.79 Å². The number of nitrogens with one attached hydrogen (secondary N) is 1. The Kier molecular flexibility index (Phi) is 2.95. The van der Waals surface area contributed by atoms with Gasteiger partial charge < -0.3 is 10.2 Å². The van der Waals surface area contributed by atoms with Crippen molar-refractivity contribution in [2.45, 2.75) is 6.04 Å². The molecule has 1 heterocycles. The van der Waals surface area contributed by atoms with Crippen LogP contribution in [0.3, 0.4) is 0 Å². The summed E-state index contributed by atoms with van der Waals surface area (Å²) in [6.45, 7) is 1.64. The van der Waals surface area contributed by atoms with Crippen LogP contribution in [0.25, 0.3) is 10.8 Å². The fourth-order valence-corrected chi connectivity index (χ4v) is 2.35. The van der Waals surface area contributed by atoms with Gasteiger partial charge in [0.25, 0.3) is 5.91 Å². The van der Waals surface area contributed by atoms with E-state index >= 15 is 0 Å². The van der Waals surface area contributed by atoms with Crippen molar-refractivity contribution in [1.82, 2.24) is 10.2 Å². The zero-order chi connectivity index (χ0) is 13.4. The van der Waals surface area contributed by atoms with Crippen molar-refractivity contribution < 1.29 is 9.18 Å². The molecule has 19 heavy (non-hydrogen) atoms. The van der Waals surface area contributed by atoms with Crippen LogP contribution in [0.4, 0.5) is 4.39 Å². The van der Waals surface area contributed by atoms with Crippen LogP contribution in [0.2, 0.25) is 0 Å². The highest BCUT2D eigenvalue weighted by molar-refractivity contribution is 6.07. The SMILES string of the molecule is CN(C(=O)c1ccc(F)c2ccccc12)C1CNC1. The van der Waals surface area contributed by atoms with Gasteiger partial charge in [0, 0.05) is 31.1 Å². The standard InChI is InChI=1S/C15H15FN2O/c1-18(10-8-17-9-10)15(19)13-6-7-14(16)12-5-3-2-4-11(12)13/h2-7,10,17H,8-9H2,1H3. The summed E-state index contributed by atoms with van der Waals surface area (Å²) >= 11 is 0. The average molecular weight is 258 g/mol. The summed E-state index contributed by atoms with van der Waals surface area (Å²) in [6, 6.07) is 10.3. The molecule has 1 aliphatic rings. The second kappa shape index (κ2) is 4.63. The number of fused-ring (bicyclic) bond motifs is 1. The number of rotatable bonds is 2. The van der Waals surface area contributed by atoms with E-state index in [2.05, 4.69) is 5.32 Å². The Labute approximate surface area is 111 Å². The third-order valence-electron chi connectivity index (χ3n) is 3.73. The molecule has 0 radical (unpaired) electrons. The van der Waals surface area contributed by atoms with Crippen molar-refractivity contribution in [2.75, 3.05) is 20.1 Å². The van der Waals surface area contributed by atoms with E-state index in [4.69, 9.17) is 0 Å². The number of hydrogen-bond acceptors (Lipinski definition) is 2. The van der Waals surface area contributed by atoms with Gasteiger partial charge in [0.15, 0.2) is 0 Å². The summed E-state index contributed by atoms with van der Waals surface area (Å²) in [7, 11) is 1.80. The van der Waals surface area contributed by atoms with Gasteiger partial charge in [-0.1, -0.05) is 24.3 Å². The topological polar surface area (TPSA) is 32.3 Å². The van der Waals surface area contributed by atoms with Gasteiger partial charge in [0.2, 0.25) is 0 Å². The van der Waals surface area contributed by atoms with E-state index in [1.165, 1.54) is 6.07 Å². The highest BCUT2D eigenvalue weighted by Crippen LogP contribution is 2.23. The van der Waals surface area contributed by atoms with Crippen LogP contribution in [0.15, 0.2) is 36.4 Å². The van der Waals surface area contributed by atoms with Crippen LogP contribution in [0.5, 0.6) is 0 Å². The van der Waals surface area contributed by atoms with E-state index in [1.807, 2.05) is 6.07 Å². The average Bonchev–Trinajstić information content (AvgIpc) is 2.37. The first-order valence-electron chi connectivity index (χ1n) is 6.33. The molecule has 0 aliphatic carbocycles. The van der Waals surface area contributed by atoms with E-state index < -0.39 is 0 Å². The van der Waals surface area contributed by atoms with Gasteiger partial charge in [-0.2, -0.15) is 0 Å². The lowest BCUT2D eigenvalue weighted by Gasteiger charge is -2.35. The van der Waals surface area contributed by atoms with Gasteiger partial charge in [-0.25, -0.2) is 4.39 Å². The number of hydrogen-bond donors (Lipinski definition) is 1. The summed E-state index contributed by atoms with van der Waals surface area (Å²) in [5.74, 6) is -0.345. The van der Waals surface area contributed by atoms with Crippen molar-refractivity contribution in [3.63, 3.8) is 0 Å². The Hall–Kier alpha value is -1.94. The van der Waals surface area contributed by atoms with Gasteiger partial charge >= 0.3 is 0 Å². The number of carbonyl (C=O) groups excluding carboxylic acids is 1. The summed E-state index contributed by atoms with van der Waals surface area (Å²) in [6.07, 6.45) is 0. The van der Waals surface area contributed by atoms with Crippen molar-refractivity contribution in [2.24, 2.45) is 0 Å². The second-order valence-corrected chi connectivity index (χ2v) is 4.87. The highest BCUT2D eigenvalue weighted by atomic mass is 19.1. The fourth-order valence-electron chi connectivity index (χ4n) is 2.35. The summed E-state index contributed by atoms with van der Waals surface area (Å²) in [5, 5.41) is 4.31. The molecule has 1 N–H and O–H groups in total. The monoisotopic (exact) mass is 258 g/mol. The maximum Gasteiger partial charge on any atom is 0.254 e. The Morgan fingerprint density at radius 3 is 2.53 bits per heavy atom. The van der Waals surface area contributed by atoms with Gasteiger partial charge in [0.05, 0.1) is 6.04 Å². The number of benzene rings is 2. The van der Waals surface area contributed by atoms with Crippen molar-refractivity contribution >= 4 is 16.7 Å². The molecule has 0 aromatic heterocycles. The lowest BCUT2D eigenvalue weighted by Crippen LogP contribution is -2.57. The predicted molar refractivity (Wildman–Crippen MR) is 72.7 cm³/mol. The van der Waals surface area contributed by atoms with Crippen LogP contribution < -0.4 is 5.32 Å². The Balaban J connectivity index is 2.05. The molecule has 1 fully saturated rings. The maximum absolute atomic E-state index is 13.7. The van der Waals surface area contributed by atoms with Crippen molar-refractivity contribution in [3.8, 4) is 0 Å². The minimum Gasteiger partial charge on any atom is -0.336 e. The van der Waals surface area contributed by atoms with E-state index in [0.717, 1.165) is 13.1 Å². The van der Waals surface area contributed by atoms with Gasteiger partial charge in [0.1, 0.15) is 5.82 Å². The summed E-state index contributed by atoms with van der Waals surface area (Å²) in [4.78, 5) is 14.2. The number of carbonyl (C=O) groups is 1. The molecule has 0 atom stereocenters. The van der Waals surface area contributed by atoms with Crippen molar-refractivity contribution in [1.29, 1.82) is 0 Å². The lowest BCUT2D eigenvalue weighted by atomic mass is 10.0. The number of likely N-dealkylation sites (N-methyl/N-ethyl adjacent to an activating group) is 1. The minimum absolute atomic E-state index is 0.0531. The number of nitrogens with zero attached hydrogens (tertiary/aromatic N) is 1. The predicted octanol–water partition coefficient (Wildman–Crippen LogP) is 2.02. The molecule has 0 saturated carbocycles. The molecular formula is C15H15FN2O. The van der Waals surface area contributed by atoms with Gasteiger partial charge in [-0.05, 0) is 17.5 Å². The third kappa shape index (κ3) is 1.98. The summed E-state index contributed by atoms with van der Waals surface area (Å²) in [5.41, 5.74) is 0.561. The van der Waals surface area contributed by atoms with Crippen LogP contribution >= 0.6 is 0 Å². The zero-order valence-corrected chi connectivity index (χ0v) is 10.7. The maximum atomic E-state index is 13.7. The van der Waals surface area contributed by atoms with Crippen LogP contribution in [0, 0.1) is 5.82 Å². The molecule has 1 saturated heterocycles. The Bertz CT molecular complexity index is 637. The molecule has 1 amide bonds. The molecule has 1 aliphatic heterocycles. The first kappa shape index (κ1) is 12.1. The smallest absolute Gasteiger partial charge is 0.254 e. The molecule has 2 aromatic carbocycles. The molecule has 0 unspecified atom stereocenters. The van der Waals surface area contributed by atoms with E-state index in [-0.39, 0.29) is 17.8 Å². The van der Waals surface area contributed by atoms with Crippen LogP contribution in [-0.2, 0) is 0 Å². The molecule has 3 rings (SSSR count). The summed E-state index contributed by atoms with van der Waals surface area (Å²) < 4.78 is 13.7. The Morgan fingerprint density at radius 1 is 1.21 bits per heavy atom. The van der Waals surface area contributed by atoms with Crippen LogP contribution in [0.1, 0.15) is 10.4 Å². The number of halogens is 1. The third-order valence-corrected chi connectivity index (χ3v) is 3.73. The highest BCUT2D eigenvalue weighted by Gasteiger charge is 2.27. The first-order chi connectivity index (χ1) is 9.18. The first-order valence-corrected chi connectivity index (χ1v) is 6.33. The van der Waals surface area contributed by atoms with E-state index in [9.17, 15) is 9.18 Å². The molecule has 2 aromatic rings. The van der Waals surface area contributed by atoms with E-state index in [0.29, 0.717) is 16.3 Å². The van der Waals surface area contributed by atoms with Crippen molar-refractivity contribution in [3.05, 3.63) is 47.8 Å². The normalized spacial score (nSPS) is 15.3. The van der Waals surface area contributed by atoms with Crippen LogP contribution in [-0.4, -0.2) is 37.0 Å².